The molecule has 7 nitrogen and oxygen atoms in total. The fourth-order valence-corrected chi connectivity index (χ4v) is 3.09. The Morgan fingerprint density at radius 3 is 2.63 bits per heavy atom. The van der Waals surface area contributed by atoms with Crippen molar-refractivity contribution in [2.24, 2.45) is 5.92 Å². The number of amides is 2. The summed E-state index contributed by atoms with van der Waals surface area (Å²) in [6, 6.07) is 8.19. The number of rotatable bonds is 5. The summed E-state index contributed by atoms with van der Waals surface area (Å²) in [5.41, 5.74) is 1.53. The van der Waals surface area contributed by atoms with Crippen LogP contribution in [0.5, 0.6) is 0 Å². The van der Waals surface area contributed by atoms with Gasteiger partial charge < -0.3 is 19.4 Å². The predicted molar refractivity (Wildman–Crippen MR) is 98.4 cm³/mol. The molecule has 0 unspecified atom stereocenters. The molecule has 1 atom stereocenters. The van der Waals surface area contributed by atoms with E-state index in [-0.39, 0.29) is 17.7 Å². The number of carbonyl (C=O) groups excluding carboxylic acids is 3. The summed E-state index contributed by atoms with van der Waals surface area (Å²) >= 11 is 0. The van der Waals surface area contributed by atoms with Crippen LogP contribution in [0.4, 0.5) is 5.69 Å². The first kappa shape index (κ1) is 18.7. The lowest BCUT2D eigenvalue weighted by atomic mass is 9.96. The minimum absolute atomic E-state index is 0.125. The minimum Gasteiger partial charge on any atom is -0.472 e. The van der Waals surface area contributed by atoms with E-state index in [1.54, 1.807) is 42.2 Å². The van der Waals surface area contributed by atoms with Crippen LogP contribution in [0.15, 0.2) is 47.3 Å². The van der Waals surface area contributed by atoms with E-state index in [2.05, 4.69) is 5.32 Å². The van der Waals surface area contributed by atoms with Gasteiger partial charge in [-0.3, -0.25) is 9.59 Å². The lowest BCUT2D eigenvalue weighted by Crippen LogP contribution is -2.43. The van der Waals surface area contributed by atoms with Crippen LogP contribution < -0.4 is 5.32 Å². The van der Waals surface area contributed by atoms with Gasteiger partial charge in [0.15, 0.2) is 0 Å². The van der Waals surface area contributed by atoms with Gasteiger partial charge in [0, 0.05) is 18.8 Å². The number of benzene rings is 1. The molecule has 1 N–H and O–H groups in total. The molecule has 2 aromatic rings. The number of likely N-dealkylation sites (tertiary alicyclic amines) is 1. The molecule has 1 aromatic heterocycles. The normalized spacial score (nSPS) is 16.6. The topological polar surface area (TPSA) is 88.9 Å². The summed E-state index contributed by atoms with van der Waals surface area (Å²) < 4.78 is 9.90. The molecule has 1 fully saturated rings. The highest BCUT2D eigenvalue weighted by Crippen LogP contribution is 2.21. The van der Waals surface area contributed by atoms with Crippen molar-refractivity contribution in [1.29, 1.82) is 0 Å². The summed E-state index contributed by atoms with van der Waals surface area (Å²) in [5, 5.41) is 2.86. The van der Waals surface area contributed by atoms with Crippen molar-refractivity contribution >= 4 is 23.5 Å². The van der Waals surface area contributed by atoms with Crippen LogP contribution in [0.2, 0.25) is 0 Å². The van der Waals surface area contributed by atoms with E-state index in [1.807, 2.05) is 0 Å². The van der Waals surface area contributed by atoms with Crippen LogP contribution in [0.3, 0.4) is 0 Å². The molecule has 1 aromatic carbocycles. The number of piperidine rings is 1. The third-order valence-corrected chi connectivity index (χ3v) is 4.51. The second-order valence-corrected chi connectivity index (χ2v) is 6.39. The molecule has 27 heavy (non-hydrogen) atoms. The van der Waals surface area contributed by atoms with E-state index >= 15 is 0 Å². The van der Waals surface area contributed by atoms with E-state index in [9.17, 15) is 14.4 Å². The largest absolute Gasteiger partial charge is 0.472 e. The van der Waals surface area contributed by atoms with Crippen molar-refractivity contribution in [2.75, 3.05) is 25.0 Å². The van der Waals surface area contributed by atoms with Crippen LogP contribution in [-0.2, 0) is 9.53 Å². The lowest BCUT2D eigenvalue weighted by molar-refractivity contribution is -0.121. The third-order valence-electron chi connectivity index (χ3n) is 4.51. The fourth-order valence-electron chi connectivity index (χ4n) is 3.09. The lowest BCUT2D eigenvalue weighted by Gasteiger charge is -2.31. The molecule has 2 amide bonds. The molecule has 2 heterocycles. The Balaban J connectivity index is 1.59. The average molecular weight is 370 g/mol. The molecular formula is C20H22N2O5. The Bertz CT molecular complexity index is 798. The SMILES string of the molecule is CCOC(=O)c1ccc(NC(=O)[C@H]2CCCN(C(=O)c3ccoc3)C2)cc1. The molecule has 1 aliphatic heterocycles. The molecular weight excluding hydrogens is 348 g/mol. The molecule has 142 valence electrons. The van der Waals surface area contributed by atoms with Gasteiger partial charge in [-0.2, -0.15) is 0 Å². The number of carbonyl (C=O) groups is 3. The van der Waals surface area contributed by atoms with Crippen molar-refractivity contribution in [3.8, 4) is 0 Å². The average Bonchev–Trinajstić information content (AvgIpc) is 3.23. The number of esters is 1. The van der Waals surface area contributed by atoms with Gasteiger partial charge in [-0.1, -0.05) is 0 Å². The fraction of sp³-hybridized carbons (Fsp3) is 0.350. The number of furan rings is 1. The van der Waals surface area contributed by atoms with Gasteiger partial charge in [0.2, 0.25) is 5.91 Å². The van der Waals surface area contributed by atoms with E-state index in [0.29, 0.717) is 36.5 Å². The first-order valence-electron chi connectivity index (χ1n) is 8.98. The Morgan fingerprint density at radius 2 is 1.96 bits per heavy atom. The van der Waals surface area contributed by atoms with Gasteiger partial charge in [-0.05, 0) is 50.1 Å². The van der Waals surface area contributed by atoms with Crippen LogP contribution in [0.25, 0.3) is 0 Å². The first-order chi connectivity index (χ1) is 13.1. The van der Waals surface area contributed by atoms with Crippen LogP contribution in [0, 0.1) is 5.92 Å². The second kappa shape index (κ2) is 8.53. The molecule has 3 rings (SSSR count). The highest BCUT2D eigenvalue weighted by molar-refractivity contribution is 5.96. The summed E-state index contributed by atoms with van der Waals surface area (Å²) in [4.78, 5) is 38.4. The Kier molecular flexibility index (Phi) is 5.90. The van der Waals surface area contributed by atoms with Crippen molar-refractivity contribution < 1.29 is 23.5 Å². The quantitative estimate of drug-likeness (QED) is 0.818. The molecule has 0 aliphatic carbocycles. The molecule has 0 spiro atoms. The molecule has 1 saturated heterocycles. The van der Waals surface area contributed by atoms with Crippen LogP contribution >= 0.6 is 0 Å². The van der Waals surface area contributed by atoms with E-state index in [0.717, 1.165) is 12.8 Å². The molecule has 0 bridgehead atoms. The summed E-state index contributed by atoms with van der Waals surface area (Å²) in [6.07, 6.45) is 4.36. The van der Waals surface area contributed by atoms with Gasteiger partial charge in [0.05, 0.1) is 29.9 Å². The maximum Gasteiger partial charge on any atom is 0.338 e. The van der Waals surface area contributed by atoms with Crippen molar-refractivity contribution in [3.63, 3.8) is 0 Å². The zero-order valence-electron chi connectivity index (χ0n) is 15.1. The van der Waals surface area contributed by atoms with E-state index in [4.69, 9.17) is 9.15 Å². The Morgan fingerprint density at radius 1 is 1.19 bits per heavy atom. The number of ether oxygens (including phenoxy) is 1. The first-order valence-corrected chi connectivity index (χ1v) is 8.98. The number of hydrogen-bond acceptors (Lipinski definition) is 5. The summed E-state index contributed by atoms with van der Waals surface area (Å²) in [7, 11) is 0. The van der Waals surface area contributed by atoms with Crippen LogP contribution in [0.1, 0.15) is 40.5 Å². The van der Waals surface area contributed by atoms with Gasteiger partial charge in [0.1, 0.15) is 6.26 Å². The number of nitrogens with zero attached hydrogens (tertiary/aromatic N) is 1. The zero-order valence-corrected chi connectivity index (χ0v) is 15.1. The van der Waals surface area contributed by atoms with Gasteiger partial charge in [-0.25, -0.2) is 4.79 Å². The molecule has 0 saturated carbocycles. The third kappa shape index (κ3) is 4.55. The summed E-state index contributed by atoms with van der Waals surface area (Å²) in [5.74, 6) is -0.931. The Labute approximate surface area is 157 Å². The van der Waals surface area contributed by atoms with Gasteiger partial charge in [0.25, 0.3) is 5.91 Å². The minimum atomic E-state index is -0.393. The highest BCUT2D eigenvalue weighted by Gasteiger charge is 2.29. The number of anilines is 1. The van der Waals surface area contributed by atoms with Crippen LogP contribution in [-0.4, -0.2) is 42.4 Å². The Hall–Kier alpha value is -3.09. The zero-order chi connectivity index (χ0) is 19.2. The molecule has 1 aliphatic rings. The number of hydrogen-bond donors (Lipinski definition) is 1. The smallest absolute Gasteiger partial charge is 0.338 e. The van der Waals surface area contributed by atoms with E-state index < -0.39 is 5.97 Å². The number of nitrogens with one attached hydrogen (secondary N) is 1. The highest BCUT2D eigenvalue weighted by atomic mass is 16.5. The maximum absolute atomic E-state index is 12.6. The molecule has 0 radical (unpaired) electrons. The second-order valence-electron chi connectivity index (χ2n) is 6.39. The van der Waals surface area contributed by atoms with E-state index in [1.165, 1.54) is 12.5 Å². The van der Waals surface area contributed by atoms with Crippen molar-refractivity contribution in [3.05, 3.63) is 54.0 Å². The predicted octanol–water partition coefficient (Wildman–Crippen LogP) is 2.95. The monoisotopic (exact) mass is 370 g/mol. The van der Waals surface area contributed by atoms with Crippen molar-refractivity contribution in [1.82, 2.24) is 4.90 Å². The molecule has 7 heteroatoms. The maximum atomic E-state index is 12.6. The van der Waals surface area contributed by atoms with Gasteiger partial charge >= 0.3 is 5.97 Å². The van der Waals surface area contributed by atoms with Gasteiger partial charge in [-0.15, -0.1) is 0 Å². The standard InChI is InChI=1S/C20H22N2O5/c1-2-27-20(25)14-5-7-17(8-6-14)21-18(23)15-4-3-10-22(12-15)19(24)16-9-11-26-13-16/h5-9,11,13,15H,2-4,10,12H2,1H3,(H,21,23)/t15-/m0/s1. The van der Waals surface area contributed by atoms with Crippen molar-refractivity contribution in [2.45, 2.75) is 19.8 Å². The summed E-state index contributed by atoms with van der Waals surface area (Å²) in [6.45, 7) is 3.06.